The zero-order valence-electron chi connectivity index (χ0n) is 20.6. The molecule has 2 amide bonds. The molecule has 38 heavy (non-hydrogen) atoms. The maximum Gasteiger partial charge on any atom is 0.290 e. The van der Waals surface area contributed by atoms with E-state index in [2.05, 4.69) is 72.3 Å². The number of fused-ring (bicyclic) bond motifs is 1. The van der Waals surface area contributed by atoms with E-state index in [1.807, 2.05) is 6.20 Å². The molecule has 2 saturated heterocycles. The third-order valence-electron chi connectivity index (χ3n) is 6.83. The molecule has 0 atom stereocenters. The second-order valence-electron chi connectivity index (χ2n) is 9.39. The molecule has 10 heteroatoms. The van der Waals surface area contributed by atoms with Gasteiger partial charge in [-0.05, 0) is 73.0 Å². The van der Waals surface area contributed by atoms with Gasteiger partial charge >= 0.3 is 0 Å². The number of piperidine rings is 1. The van der Waals surface area contributed by atoms with Crippen molar-refractivity contribution in [2.24, 2.45) is 5.92 Å². The topological polar surface area (TPSA) is 100 Å². The fourth-order valence-electron chi connectivity index (χ4n) is 4.82. The van der Waals surface area contributed by atoms with Gasteiger partial charge in [0.2, 0.25) is 5.95 Å². The van der Waals surface area contributed by atoms with E-state index in [-0.39, 0.29) is 11.1 Å². The van der Waals surface area contributed by atoms with Crippen molar-refractivity contribution >= 4 is 56.4 Å². The van der Waals surface area contributed by atoms with Crippen LogP contribution < -0.4 is 15.5 Å². The molecule has 0 saturated carbocycles. The summed E-state index contributed by atoms with van der Waals surface area (Å²) >= 11 is 2.65. The number of imide groups is 1. The first kappa shape index (κ1) is 24.7. The monoisotopic (exact) mass is 542 g/mol. The highest BCUT2D eigenvalue weighted by molar-refractivity contribution is 8.18. The lowest BCUT2D eigenvalue weighted by molar-refractivity contribution is -0.115. The van der Waals surface area contributed by atoms with Crippen LogP contribution in [0.1, 0.15) is 24.1 Å². The summed E-state index contributed by atoms with van der Waals surface area (Å²) in [6.07, 6.45) is 7.34. The average molecular weight is 543 g/mol. The van der Waals surface area contributed by atoms with Crippen molar-refractivity contribution in [1.29, 1.82) is 0 Å². The third-order valence-corrected chi connectivity index (χ3v) is 8.60. The minimum atomic E-state index is -0.378. The van der Waals surface area contributed by atoms with E-state index in [1.54, 1.807) is 29.7 Å². The van der Waals surface area contributed by atoms with Crippen LogP contribution in [-0.4, -0.2) is 45.7 Å². The smallest absolute Gasteiger partial charge is 0.290 e. The number of benzene rings is 1. The van der Waals surface area contributed by atoms with Crippen LogP contribution in [0.5, 0.6) is 0 Å². The Morgan fingerprint density at radius 2 is 1.92 bits per heavy atom. The molecule has 3 aromatic heterocycles. The summed E-state index contributed by atoms with van der Waals surface area (Å²) in [5.41, 5.74) is 4.07. The number of thiophene rings is 1. The van der Waals surface area contributed by atoms with Crippen molar-refractivity contribution in [3.05, 3.63) is 76.4 Å². The molecule has 192 valence electrons. The van der Waals surface area contributed by atoms with Gasteiger partial charge in [0.25, 0.3) is 11.1 Å². The number of carbonyl (C=O) groups is 2. The van der Waals surface area contributed by atoms with Gasteiger partial charge in [-0.2, -0.15) is 0 Å². The second-order valence-corrected chi connectivity index (χ2v) is 11.3. The normalized spacial score (nSPS) is 17.5. The molecule has 1 aromatic carbocycles. The van der Waals surface area contributed by atoms with Gasteiger partial charge in [-0.3, -0.25) is 19.9 Å². The summed E-state index contributed by atoms with van der Waals surface area (Å²) in [5, 5.41) is 9.00. The number of anilines is 1. The molecule has 0 radical (unpaired) electrons. The van der Waals surface area contributed by atoms with Crippen molar-refractivity contribution < 1.29 is 9.59 Å². The van der Waals surface area contributed by atoms with Crippen LogP contribution in [0.2, 0.25) is 0 Å². The summed E-state index contributed by atoms with van der Waals surface area (Å²) in [6.45, 7) is 3.53. The molecule has 0 spiro atoms. The van der Waals surface area contributed by atoms with Gasteiger partial charge in [-0.25, -0.2) is 9.97 Å². The number of hydrogen-bond acceptors (Lipinski definition) is 9. The Balaban J connectivity index is 1.01. The predicted molar refractivity (Wildman–Crippen MR) is 153 cm³/mol. The first-order valence-electron chi connectivity index (χ1n) is 12.6. The summed E-state index contributed by atoms with van der Waals surface area (Å²) in [7, 11) is 0. The molecule has 0 bridgehead atoms. The molecule has 0 aliphatic carbocycles. The van der Waals surface area contributed by atoms with Gasteiger partial charge in [-0.15, -0.1) is 11.3 Å². The number of aromatic nitrogens is 3. The Morgan fingerprint density at radius 1 is 1.08 bits per heavy atom. The molecule has 2 aliphatic heterocycles. The fourth-order valence-corrected chi connectivity index (χ4v) is 6.44. The number of carbonyl (C=O) groups excluding carboxylic acids is 2. The number of hydrogen-bond donors (Lipinski definition) is 2. The van der Waals surface area contributed by atoms with Crippen molar-refractivity contribution in [3.63, 3.8) is 0 Å². The number of rotatable bonds is 7. The SMILES string of the molecule is O=C1NC(=O)/C(=C\c2ccnc(N3CCC(CNCc4ccnc(-c5csc6ccccc56)c4)CC3)n2)S1. The Labute approximate surface area is 228 Å². The summed E-state index contributed by atoms with van der Waals surface area (Å²) in [4.78, 5) is 39.4. The number of thioether (sulfide) groups is 1. The summed E-state index contributed by atoms with van der Waals surface area (Å²) in [5.74, 6) is 0.866. The quantitative estimate of drug-likeness (QED) is 0.312. The Kier molecular flexibility index (Phi) is 7.17. The molecule has 2 aliphatic rings. The molecule has 8 nitrogen and oxygen atoms in total. The van der Waals surface area contributed by atoms with Crippen molar-refractivity contribution in [1.82, 2.24) is 25.6 Å². The maximum atomic E-state index is 11.8. The molecule has 0 unspecified atom stereocenters. The molecular weight excluding hydrogens is 516 g/mol. The van der Waals surface area contributed by atoms with Crippen LogP contribution in [-0.2, 0) is 11.3 Å². The number of nitrogens with one attached hydrogen (secondary N) is 2. The van der Waals surface area contributed by atoms with E-state index in [0.29, 0.717) is 22.5 Å². The highest BCUT2D eigenvalue weighted by Crippen LogP contribution is 2.33. The van der Waals surface area contributed by atoms with E-state index in [4.69, 9.17) is 0 Å². The molecule has 4 aromatic rings. The molecular formula is C28H26N6O2S2. The zero-order valence-corrected chi connectivity index (χ0v) is 22.2. The highest BCUT2D eigenvalue weighted by atomic mass is 32.2. The van der Waals surface area contributed by atoms with E-state index < -0.39 is 0 Å². The molecule has 6 rings (SSSR count). The van der Waals surface area contributed by atoms with Crippen LogP contribution >= 0.6 is 23.1 Å². The lowest BCUT2D eigenvalue weighted by Gasteiger charge is -2.32. The van der Waals surface area contributed by atoms with Gasteiger partial charge in [0.15, 0.2) is 0 Å². The minimum Gasteiger partial charge on any atom is -0.341 e. The van der Waals surface area contributed by atoms with Crippen LogP contribution in [0.4, 0.5) is 10.7 Å². The molecule has 2 N–H and O–H groups in total. The van der Waals surface area contributed by atoms with Crippen molar-refractivity contribution in [2.75, 3.05) is 24.5 Å². The van der Waals surface area contributed by atoms with E-state index in [0.717, 1.165) is 56.5 Å². The van der Waals surface area contributed by atoms with Gasteiger partial charge in [0.05, 0.1) is 16.3 Å². The van der Waals surface area contributed by atoms with Gasteiger partial charge in [0.1, 0.15) is 0 Å². The average Bonchev–Trinajstić information content (AvgIpc) is 3.51. The standard InChI is InChI=1S/C28H26N6O2S2/c35-26-25(38-28(36)33-26)14-20-6-10-31-27(32-20)34-11-7-18(8-12-34)15-29-16-19-5-9-30-23(13-19)22-17-37-24-4-2-1-3-21(22)24/h1-6,9-10,13-14,17-18,29H,7-8,11-12,15-16H2,(H,33,35,36)/b25-14+. The molecule has 5 heterocycles. The van der Waals surface area contributed by atoms with Crippen LogP contribution in [0.3, 0.4) is 0 Å². The van der Waals surface area contributed by atoms with Crippen molar-refractivity contribution in [2.45, 2.75) is 19.4 Å². The van der Waals surface area contributed by atoms with E-state index in [1.165, 1.54) is 21.2 Å². The predicted octanol–water partition coefficient (Wildman–Crippen LogP) is 5.08. The van der Waals surface area contributed by atoms with Crippen LogP contribution in [0.15, 0.2) is 65.1 Å². The first-order chi connectivity index (χ1) is 18.6. The lowest BCUT2D eigenvalue weighted by Crippen LogP contribution is -2.38. The highest BCUT2D eigenvalue weighted by Gasteiger charge is 2.25. The zero-order chi connectivity index (χ0) is 25.9. The Bertz CT molecular complexity index is 1530. The number of amides is 2. The number of pyridine rings is 1. The van der Waals surface area contributed by atoms with Crippen LogP contribution in [0.25, 0.3) is 27.4 Å². The maximum absolute atomic E-state index is 11.8. The summed E-state index contributed by atoms with van der Waals surface area (Å²) < 4.78 is 1.28. The van der Waals surface area contributed by atoms with Crippen molar-refractivity contribution in [3.8, 4) is 11.3 Å². The Hall–Kier alpha value is -3.60. The third kappa shape index (κ3) is 5.47. The van der Waals surface area contributed by atoms with E-state index >= 15 is 0 Å². The number of nitrogens with zero attached hydrogens (tertiary/aromatic N) is 4. The largest absolute Gasteiger partial charge is 0.341 e. The first-order valence-corrected chi connectivity index (χ1v) is 14.3. The lowest BCUT2D eigenvalue weighted by atomic mass is 9.97. The summed E-state index contributed by atoms with van der Waals surface area (Å²) in [6, 6.07) is 14.5. The van der Waals surface area contributed by atoms with Gasteiger partial charge < -0.3 is 10.2 Å². The van der Waals surface area contributed by atoms with Gasteiger partial charge in [0, 0.05) is 53.1 Å². The fraction of sp³-hybridized carbons (Fsp3) is 0.250. The van der Waals surface area contributed by atoms with Gasteiger partial charge in [-0.1, -0.05) is 18.2 Å². The van der Waals surface area contributed by atoms with E-state index in [9.17, 15) is 9.59 Å². The second kappa shape index (κ2) is 11.0. The Morgan fingerprint density at radius 3 is 2.76 bits per heavy atom. The minimum absolute atomic E-state index is 0.355. The van der Waals surface area contributed by atoms with Crippen LogP contribution in [0, 0.1) is 5.92 Å². The molecule has 2 fully saturated rings.